The van der Waals surface area contributed by atoms with Crippen molar-refractivity contribution in [3.8, 4) is 0 Å². The predicted octanol–water partition coefficient (Wildman–Crippen LogP) is 3.43. The summed E-state index contributed by atoms with van der Waals surface area (Å²) in [5.41, 5.74) is 1.05. The lowest BCUT2D eigenvalue weighted by molar-refractivity contribution is 0.0939. The standard InChI is InChI=1S/C19H24N2O3S/c1-4-15(3)20-19(22)16-11-13-17(14-12-16)21(5-2)25(23,24)18-9-7-6-8-10-18/h6-15H,4-5H2,1-3H3,(H,20,22)/t15-/m0/s1. The Morgan fingerprint density at radius 1 is 1.04 bits per heavy atom. The minimum atomic E-state index is -3.63. The van der Waals surface area contributed by atoms with Gasteiger partial charge in [0.05, 0.1) is 10.6 Å². The molecule has 6 heteroatoms. The molecule has 25 heavy (non-hydrogen) atoms. The highest BCUT2D eigenvalue weighted by molar-refractivity contribution is 7.92. The molecule has 0 heterocycles. The summed E-state index contributed by atoms with van der Waals surface area (Å²) in [6.07, 6.45) is 0.850. The van der Waals surface area contributed by atoms with E-state index in [4.69, 9.17) is 0 Å². The zero-order valence-corrected chi connectivity index (χ0v) is 15.6. The normalized spacial score (nSPS) is 12.4. The molecule has 0 spiro atoms. The van der Waals surface area contributed by atoms with E-state index in [1.165, 1.54) is 4.31 Å². The van der Waals surface area contributed by atoms with Crippen LogP contribution < -0.4 is 9.62 Å². The Morgan fingerprint density at radius 3 is 2.16 bits per heavy atom. The highest BCUT2D eigenvalue weighted by Crippen LogP contribution is 2.23. The molecule has 2 aromatic carbocycles. The summed E-state index contributed by atoms with van der Waals surface area (Å²) in [6.45, 7) is 6.03. The van der Waals surface area contributed by atoms with Crippen molar-refractivity contribution in [3.05, 3.63) is 60.2 Å². The number of amides is 1. The van der Waals surface area contributed by atoms with Crippen molar-refractivity contribution in [2.45, 2.75) is 38.1 Å². The third kappa shape index (κ3) is 4.39. The van der Waals surface area contributed by atoms with E-state index in [1.54, 1.807) is 61.5 Å². The van der Waals surface area contributed by atoms with Gasteiger partial charge in [-0.25, -0.2) is 8.42 Å². The van der Waals surface area contributed by atoms with Crippen molar-refractivity contribution in [2.75, 3.05) is 10.8 Å². The number of nitrogens with zero attached hydrogens (tertiary/aromatic N) is 1. The SMILES string of the molecule is CC[C@H](C)NC(=O)c1ccc(N(CC)S(=O)(=O)c2ccccc2)cc1. The molecule has 2 rings (SSSR count). The van der Waals surface area contributed by atoms with Crippen molar-refractivity contribution in [1.29, 1.82) is 0 Å². The maximum absolute atomic E-state index is 12.8. The minimum absolute atomic E-state index is 0.0952. The van der Waals surface area contributed by atoms with Crippen LogP contribution in [0.2, 0.25) is 0 Å². The fraction of sp³-hybridized carbons (Fsp3) is 0.316. The van der Waals surface area contributed by atoms with E-state index >= 15 is 0 Å². The Labute approximate surface area is 149 Å². The van der Waals surface area contributed by atoms with Crippen molar-refractivity contribution in [2.24, 2.45) is 0 Å². The molecular formula is C19H24N2O3S. The van der Waals surface area contributed by atoms with Crippen molar-refractivity contribution < 1.29 is 13.2 Å². The summed E-state index contributed by atoms with van der Waals surface area (Å²) in [4.78, 5) is 12.4. The smallest absolute Gasteiger partial charge is 0.264 e. The van der Waals surface area contributed by atoms with Gasteiger partial charge in [-0.3, -0.25) is 9.10 Å². The zero-order valence-electron chi connectivity index (χ0n) is 14.8. The van der Waals surface area contributed by atoms with Gasteiger partial charge in [0.15, 0.2) is 0 Å². The quantitative estimate of drug-likeness (QED) is 0.822. The van der Waals surface area contributed by atoms with Crippen LogP contribution in [0.3, 0.4) is 0 Å². The highest BCUT2D eigenvalue weighted by atomic mass is 32.2. The lowest BCUT2D eigenvalue weighted by atomic mass is 10.1. The Hall–Kier alpha value is -2.34. The molecule has 0 saturated heterocycles. The van der Waals surface area contributed by atoms with Gasteiger partial charge in [0.1, 0.15) is 0 Å². The van der Waals surface area contributed by atoms with Crippen LogP contribution in [-0.2, 0) is 10.0 Å². The summed E-state index contributed by atoms with van der Waals surface area (Å²) in [5.74, 6) is -0.158. The molecule has 0 saturated carbocycles. The van der Waals surface area contributed by atoms with Crippen molar-refractivity contribution in [3.63, 3.8) is 0 Å². The first-order valence-corrected chi connectivity index (χ1v) is 9.82. The average molecular weight is 360 g/mol. The molecule has 0 aromatic heterocycles. The van der Waals surface area contributed by atoms with Crippen molar-refractivity contribution >= 4 is 21.6 Å². The Kier molecular flexibility index (Phi) is 6.20. The molecule has 5 nitrogen and oxygen atoms in total. The van der Waals surface area contributed by atoms with E-state index in [-0.39, 0.29) is 16.8 Å². The Morgan fingerprint density at radius 2 is 1.64 bits per heavy atom. The van der Waals surface area contributed by atoms with Crippen LogP contribution >= 0.6 is 0 Å². The molecule has 0 aliphatic rings. The molecule has 0 aliphatic carbocycles. The molecular weight excluding hydrogens is 336 g/mol. The summed E-state index contributed by atoms with van der Waals surface area (Å²) in [7, 11) is -3.63. The maximum Gasteiger partial charge on any atom is 0.264 e. The third-order valence-corrected chi connectivity index (χ3v) is 5.94. The van der Waals surface area contributed by atoms with Gasteiger partial charge in [0.25, 0.3) is 15.9 Å². The van der Waals surface area contributed by atoms with E-state index in [0.717, 1.165) is 6.42 Å². The predicted molar refractivity (Wildman–Crippen MR) is 100 cm³/mol. The minimum Gasteiger partial charge on any atom is -0.350 e. The van der Waals surface area contributed by atoms with Gasteiger partial charge in [-0.1, -0.05) is 25.1 Å². The molecule has 0 radical (unpaired) electrons. The lowest BCUT2D eigenvalue weighted by Crippen LogP contribution is -2.32. The van der Waals surface area contributed by atoms with Gasteiger partial charge in [-0.2, -0.15) is 0 Å². The third-order valence-electron chi connectivity index (χ3n) is 4.03. The van der Waals surface area contributed by atoms with Gasteiger partial charge < -0.3 is 5.32 Å². The largest absolute Gasteiger partial charge is 0.350 e. The van der Waals surface area contributed by atoms with E-state index in [2.05, 4.69) is 5.32 Å². The summed E-state index contributed by atoms with van der Waals surface area (Å²) in [5, 5.41) is 2.89. The van der Waals surface area contributed by atoms with Gasteiger partial charge in [-0.05, 0) is 56.7 Å². The molecule has 0 fully saturated rings. The van der Waals surface area contributed by atoms with Crippen LogP contribution in [0.25, 0.3) is 0 Å². The van der Waals surface area contributed by atoms with Gasteiger partial charge >= 0.3 is 0 Å². The molecule has 0 unspecified atom stereocenters. The van der Waals surface area contributed by atoms with Crippen LogP contribution in [0.4, 0.5) is 5.69 Å². The molecule has 2 aromatic rings. The number of sulfonamides is 1. The number of hydrogen-bond donors (Lipinski definition) is 1. The second-order valence-corrected chi connectivity index (χ2v) is 7.67. The first kappa shape index (κ1) is 19.0. The number of benzene rings is 2. The number of rotatable bonds is 7. The molecule has 134 valence electrons. The zero-order chi connectivity index (χ0) is 18.4. The number of carbonyl (C=O) groups is 1. The van der Waals surface area contributed by atoms with Gasteiger partial charge in [0, 0.05) is 18.2 Å². The molecule has 0 aliphatic heterocycles. The van der Waals surface area contributed by atoms with Gasteiger partial charge in [0.2, 0.25) is 0 Å². The number of hydrogen-bond acceptors (Lipinski definition) is 3. The molecule has 1 atom stereocenters. The number of anilines is 1. The monoisotopic (exact) mass is 360 g/mol. The molecule has 1 amide bonds. The number of carbonyl (C=O) groups excluding carboxylic acids is 1. The van der Waals surface area contributed by atoms with Crippen molar-refractivity contribution in [1.82, 2.24) is 5.32 Å². The maximum atomic E-state index is 12.8. The molecule has 0 bridgehead atoms. The lowest BCUT2D eigenvalue weighted by Gasteiger charge is -2.23. The summed E-state index contributed by atoms with van der Waals surface area (Å²) >= 11 is 0. The van der Waals surface area contributed by atoms with E-state index in [9.17, 15) is 13.2 Å². The second kappa shape index (κ2) is 8.16. The van der Waals surface area contributed by atoms with Crippen LogP contribution in [0, 0.1) is 0 Å². The van der Waals surface area contributed by atoms with Gasteiger partial charge in [-0.15, -0.1) is 0 Å². The van der Waals surface area contributed by atoms with Crippen LogP contribution in [0.15, 0.2) is 59.5 Å². The van der Waals surface area contributed by atoms with Crippen LogP contribution in [0.1, 0.15) is 37.6 Å². The van der Waals surface area contributed by atoms with Crippen LogP contribution in [-0.4, -0.2) is 26.9 Å². The Bertz CT molecular complexity index is 802. The number of nitrogens with one attached hydrogen (secondary N) is 1. The Balaban J connectivity index is 2.26. The summed E-state index contributed by atoms with van der Waals surface area (Å²) < 4.78 is 27.0. The van der Waals surface area contributed by atoms with E-state index in [1.807, 2.05) is 13.8 Å². The molecule has 1 N–H and O–H groups in total. The van der Waals surface area contributed by atoms with Crippen LogP contribution in [0.5, 0.6) is 0 Å². The fourth-order valence-corrected chi connectivity index (χ4v) is 3.89. The second-order valence-electron chi connectivity index (χ2n) is 5.81. The topological polar surface area (TPSA) is 66.5 Å². The average Bonchev–Trinajstić information content (AvgIpc) is 2.63. The van der Waals surface area contributed by atoms with E-state index in [0.29, 0.717) is 17.8 Å². The summed E-state index contributed by atoms with van der Waals surface area (Å²) in [6, 6.07) is 15.0. The first-order chi connectivity index (χ1) is 11.9. The fourth-order valence-electron chi connectivity index (χ4n) is 2.40. The first-order valence-electron chi connectivity index (χ1n) is 8.38. The highest BCUT2D eigenvalue weighted by Gasteiger charge is 2.23. The van der Waals surface area contributed by atoms with E-state index < -0.39 is 10.0 Å².